The van der Waals surface area contributed by atoms with E-state index in [1.54, 1.807) is 31.2 Å². The van der Waals surface area contributed by atoms with E-state index in [0.717, 1.165) is 16.5 Å². The first-order valence-electron chi connectivity index (χ1n) is 9.63. The van der Waals surface area contributed by atoms with Gasteiger partial charge in [-0.3, -0.25) is 9.59 Å². The van der Waals surface area contributed by atoms with Crippen LogP contribution in [0.1, 0.15) is 31.4 Å². The van der Waals surface area contributed by atoms with Crippen molar-refractivity contribution in [1.29, 1.82) is 0 Å². The highest BCUT2D eigenvalue weighted by atomic mass is 79.9. The molecule has 0 aliphatic rings. The third-order valence-electron chi connectivity index (χ3n) is 4.56. The second-order valence-electron chi connectivity index (χ2n) is 6.92. The van der Waals surface area contributed by atoms with Gasteiger partial charge >= 0.3 is 0 Å². The molecule has 0 aliphatic heterocycles. The summed E-state index contributed by atoms with van der Waals surface area (Å²) in [4.78, 5) is 27.0. The Kier molecular flexibility index (Phi) is 9.46. The van der Waals surface area contributed by atoms with Crippen molar-refractivity contribution in [3.8, 4) is 5.75 Å². The maximum atomic E-state index is 13.0. The van der Waals surface area contributed by atoms with Crippen LogP contribution >= 0.6 is 39.1 Å². The molecule has 5 nitrogen and oxygen atoms in total. The molecule has 1 unspecified atom stereocenters. The van der Waals surface area contributed by atoms with E-state index in [0.29, 0.717) is 27.9 Å². The number of nitrogens with one attached hydrogen (secondary N) is 1. The molecule has 0 radical (unpaired) electrons. The molecule has 162 valence electrons. The van der Waals surface area contributed by atoms with Crippen molar-refractivity contribution < 1.29 is 14.3 Å². The zero-order chi connectivity index (χ0) is 22.3. The Bertz CT molecular complexity index is 908. The van der Waals surface area contributed by atoms with Crippen LogP contribution in [0.3, 0.4) is 0 Å². The summed E-state index contributed by atoms with van der Waals surface area (Å²) >= 11 is 15.7. The monoisotopic (exact) mass is 514 g/mol. The van der Waals surface area contributed by atoms with Gasteiger partial charge < -0.3 is 15.0 Å². The standard InChI is InChI=1S/C22H25BrCl2N2O3/c1-4-9-26-22(29)15(3)27(12-16-5-6-17(24)11-20(16)25)21(28)13-30-18-7-8-19(23)14(2)10-18/h5-8,10-11,15H,4,9,12-13H2,1-3H3,(H,26,29). The molecular weight excluding hydrogens is 491 g/mol. The van der Waals surface area contributed by atoms with Gasteiger partial charge in [-0.2, -0.15) is 0 Å². The molecule has 0 fully saturated rings. The largest absolute Gasteiger partial charge is 0.484 e. The fourth-order valence-corrected chi connectivity index (χ4v) is 3.46. The third-order valence-corrected chi connectivity index (χ3v) is 6.04. The summed E-state index contributed by atoms with van der Waals surface area (Å²) in [6, 6.07) is 9.86. The summed E-state index contributed by atoms with van der Waals surface area (Å²) in [5, 5.41) is 3.77. The third kappa shape index (κ3) is 6.89. The minimum atomic E-state index is -0.689. The Labute approximate surface area is 195 Å². The zero-order valence-corrected chi connectivity index (χ0v) is 20.3. The molecule has 2 aromatic rings. The Morgan fingerprint density at radius 3 is 2.57 bits per heavy atom. The van der Waals surface area contributed by atoms with E-state index in [2.05, 4.69) is 21.2 Å². The maximum absolute atomic E-state index is 13.0. The van der Waals surface area contributed by atoms with Crippen molar-refractivity contribution in [2.45, 2.75) is 39.8 Å². The predicted molar refractivity (Wildman–Crippen MR) is 124 cm³/mol. The number of nitrogens with zero attached hydrogens (tertiary/aromatic N) is 1. The molecule has 0 aromatic heterocycles. The van der Waals surface area contributed by atoms with Crippen LogP contribution in [-0.2, 0) is 16.1 Å². The first-order valence-corrected chi connectivity index (χ1v) is 11.2. The smallest absolute Gasteiger partial charge is 0.261 e. The van der Waals surface area contributed by atoms with E-state index in [9.17, 15) is 9.59 Å². The fourth-order valence-electron chi connectivity index (χ4n) is 2.75. The number of hydrogen-bond acceptors (Lipinski definition) is 3. The highest BCUT2D eigenvalue weighted by Gasteiger charge is 2.27. The highest BCUT2D eigenvalue weighted by Crippen LogP contribution is 2.24. The molecule has 30 heavy (non-hydrogen) atoms. The molecule has 1 N–H and O–H groups in total. The first kappa shape index (κ1) is 24.5. The van der Waals surface area contributed by atoms with Gasteiger partial charge in [0.25, 0.3) is 5.91 Å². The minimum absolute atomic E-state index is 0.165. The van der Waals surface area contributed by atoms with Crippen molar-refractivity contribution in [2.75, 3.05) is 13.2 Å². The van der Waals surface area contributed by atoms with Gasteiger partial charge in [0.15, 0.2) is 6.61 Å². The van der Waals surface area contributed by atoms with Gasteiger partial charge in [-0.05, 0) is 61.7 Å². The molecule has 0 saturated carbocycles. The summed E-state index contributed by atoms with van der Waals surface area (Å²) in [6.07, 6.45) is 0.807. The van der Waals surface area contributed by atoms with Crippen molar-refractivity contribution in [3.05, 3.63) is 62.0 Å². The average molecular weight is 516 g/mol. The van der Waals surface area contributed by atoms with Gasteiger partial charge in [-0.15, -0.1) is 0 Å². The number of ether oxygens (including phenoxy) is 1. The maximum Gasteiger partial charge on any atom is 0.261 e. The number of carbonyl (C=O) groups is 2. The number of halogens is 3. The van der Waals surface area contributed by atoms with Gasteiger partial charge in [0.2, 0.25) is 5.91 Å². The number of benzene rings is 2. The molecule has 1 atom stereocenters. The molecule has 8 heteroatoms. The van der Waals surface area contributed by atoms with Crippen LogP contribution in [0.2, 0.25) is 10.0 Å². The van der Waals surface area contributed by atoms with Crippen LogP contribution in [0.4, 0.5) is 0 Å². The summed E-state index contributed by atoms with van der Waals surface area (Å²) in [5.74, 6) is 0.0344. The lowest BCUT2D eigenvalue weighted by Crippen LogP contribution is -2.49. The molecule has 0 aliphatic carbocycles. The molecule has 0 saturated heterocycles. The second kappa shape index (κ2) is 11.6. The second-order valence-corrected chi connectivity index (χ2v) is 8.62. The van der Waals surface area contributed by atoms with E-state index < -0.39 is 6.04 Å². The Morgan fingerprint density at radius 2 is 1.93 bits per heavy atom. The van der Waals surface area contributed by atoms with E-state index >= 15 is 0 Å². The topological polar surface area (TPSA) is 58.6 Å². The lowest BCUT2D eigenvalue weighted by atomic mass is 10.1. The van der Waals surface area contributed by atoms with Crippen LogP contribution in [0.15, 0.2) is 40.9 Å². The van der Waals surface area contributed by atoms with Crippen molar-refractivity contribution in [1.82, 2.24) is 10.2 Å². The Balaban J connectivity index is 2.18. The molecule has 2 amide bonds. The van der Waals surface area contributed by atoms with Crippen molar-refractivity contribution >= 4 is 50.9 Å². The zero-order valence-electron chi connectivity index (χ0n) is 17.2. The Hall–Kier alpha value is -1.76. The SMILES string of the molecule is CCCNC(=O)C(C)N(Cc1ccc(Cl)cc1Cl)C(=O)COc1ccc(Br)c(C)c1. The lowest BCUT2D eigenvalue weighted by Gasteiger charge is -2.29. The van der Waals surface area contributed by atoms with Gasteiger partial charge in [0.05, 0.1) is 0 Å². The van der Waals surface area contributed by atoms with E-state index in [4.69, 9.17) is 27.9 Å². The van der Waals surface area contributed by atoms with Crippen molar-refractivity contribution in [2.24, 2.45) is 0 Å². The highest BCUT2D eigenvalue weighted by molar-refractivity contribution is 9.10. The van der Waals surface area contributed by atoms with Crippen molar-refractivity contribution in [3.63, 3.8) is 0 Å². The van der Waals surface area contributed by atoms with E-state index in [1.807, 2.05) is 26.0 Å². The van der Waals surface area contributed by atoms with Gasteiger partial charge in [-0.1, -0.05) is 52.1 Å². The summed E-state index contributed by atoms with van der Waals surface area (Å²) in [6.45, 7) is 6.11. The molecule has 0 spiro atoms. The van der Waals surface area contributed by atoms with E-state index in [1.165, 1.54) is 4.90 Å². The van der Waals surface area contributed by atoms with Crippen LogP contribution in [0.5, 0.6) is 5.75 Å². The predicted octanol–water partition coefficient (Wildman–Crippen LogP) is 5.39. The van der Waals surface area contributed by atoms with Gasteiger partial charge in [0, 0.05) is 27.6 Å². The van der Waals surface area contributed by atoms with Crippen LogP contribution < -0.4 is 10.1 Å². The lowest BCUT2D eigenvalue weighted by molar-refractivity contribution is -0.142. The molecule has 0 heterocycles. The first-order chi connectivity index (χ1) is 14.2. The number of hydrogen-bond donors (Lipinski definition) is 1. The summed E-state index contributed by atoms with van der Waals surface area (Å²) in [7, 11) is 0. The van der Waals surface area contributed by atoms with E-state index in [-0.39, 0.29) is 25.0 Å². The average Bonchev–Trinajstić information content (AvgIpc) is 2.71. The van der Waals surface area contributed by atoms with Gasteiger partial charge in [0.1, 0.15) is 11.8 Å². The number of aryl methyl sites for hydroxylation is 1. The number of carbonyl (C=O) groups excluding carboxylic acids is 2. The quantitative estimate of drug-likeness (QED) is 0.487. The van der Waals surface area contributed by atoms with Gasteiger partial charge in [-0.25, -0.2) is 0 Å². The number of amides is 2. The van der Waals surface area contributed by atoms with Crippen LogP contribution in [-0.4, -0.2) is 35.9 Å². The molecule has 2 aromatic carbocycles. The molecule has 0 bridgehead atoms. The summed E-state index contributed by atoms with van der Waals surface area (Å²) in [5.41, 5.74) is 1.70. The van der Waals surface area contributed by atoms with Crippen LogP contribution in [0.25, 0.3) is 0 Å². The van der Waals surface area contributed by atoms with Crippen LogP contribution in [0, 0.1) is 6.92 Å². The number of rotatable bonds is 9. The normalized spacial score (nSPS) is 11.7. The fraction of sp³-hybridized carbons (Fsp3) is 0.364. The molecular formula is C22H25BrCl2N2O3. The molecule has 2 rings (SSSR count). The summed E-state index contributed by atoms with van der Waals surface area (Å²) < 4.78 is 6.64. The Morgan fingerprint density at radius 1 is 1.20 bits per heavy atom. The minimum Gasteiger partial charge on any atom is -0.484 e.